The number of nitrogens with one attached hydrogen (secondary N) is 2. The van der Waals surface area contributed by atoms with Gasteiger partial charge in [-0.25, -0.2) is 0 Å². The molecule has 0 saturated heterocycles. The van der Waals surface area contributed by atoms with Crippen molar-refractivity contribution in [2.75, 3.05) is 5.32 Å². The van der Waals surface area contributed by atoms with Gasteiger partial charge in [-0.15, -0.1) is 10.2 Å². The van der Waals surface area contributed by atoms with Crippen LogP contribution in [0.15, 0.2) is 48.7 Å². The summed E-state index contributed by atoms with van der Waals surface area (Å²) in [6, 6.07) is 12.4. The summed E-state index contributed by atoms with van der Waals surface area (Å²) in [7, 11) is 0. The van der Waals surface area contributed by atoms with Crippen molar-refractivity contribution in [1.29, 1.82) is 0 Å². The Bertz CT molecular complexity index is 711. The second kappa shape index (κ2) is 5.27. The number of amides is 1. The molecule has 7 nitrogen and oxygen atoms in total. The number of carbonyl (C=O) groups is 1. The maximum Gasteiger partial charge on any atom is 0.274 e. The summed E-state index contributed by atoms with van der Waals surface area (Å²) in [5.74, 6) is 0.204. The Labute approximate surface area is 114 Å². The van der Waals surface area contributed by atoms with E-state index in [1.807, 2.05) is 6.07 Å². The lowest BCUT2D eigenvalue weighted by Gasteiger charge is -2.05. The van der Waals surface area contributed by atoms with Gasteiger partial charge in [-0.3, -0.25) is 9.78 Å². The monoisotopic (exact) mass is 266 g/mol. The molecule has 3 rings (SSSR count). The first-order chi connectivity index (χ1) is 9.83. The molecule has 2 aromatic heterocycles. The number of pyridine rings is 1. The van der Waals surface area contributed by atoms with E-state index in [0.717, 1.165) is 5.56 Å². The van der Waals surface area contributed by atoms with Crippen LogP contribution in [0.5, 0.6) is 0 Å². The quantitative estimate of drug-likeness (QED) is 0.749. The minimum absolute atomic E-state index is 0.268. The molecule has 98 valence electrons. The lowest BCUT2D eigenvalue weighted by atomic mass is 10.2. The molecule has 1 aromatic carbocycles. The Kier molecular flexibility index (Phi) is 3.15. The van der Waals surface area contributed by atoms with Gasteiger partial charge < -0.3 is 5.32 Å². The molecular formula is C13H10N6O. The Morgan fingerprint density at radius 3 is 2.85 bits per heavy atom. The molecule has 1 amide bonds. The molecule has 2 heterocycles. The predicted molar refractivity (Wildman–Crippen MR) is 71.8 cm³/mol. The van der Waals surface area contributed by atoms with Crippen LogP contribution in [0.25, 0.3) is 11.4 Å². The number of aromatic amines is 1. The highest BCUT2D eigenvalue weighted by Crippen LogP contribution is 2.18. The van der Waals surface area contributed by atoms with Crippen molar-refractivity contribution in [2.24, 2.45) is 0 Å². The van der Waals surface area contributed by atoms with Crippen LogP contribution in [0.3, 0.4) is 0 Å². The number of nitrogens with zero attached hydrogens (tertiary/aromatic N) is 4. The molecule has 7 heteroatoms. The first kappa shape index (κ1) is 12.0. The highest BCUT2D eigenvalue weighted by atomic mass is 16.1. The van der Waals surface area contributed by atoms with Crippen molar-refractivity contribution in [3.63, 3.8) is 0 Å². The van der Waals surface area contributed by atoms with Gasteiger partial charge in [0.2, 0.25) is 5.82 Å². The number of anilines is 1. The average molecular weight is 266 g/mol. The van der Waals surface area contributed by atoms with E-state index in [2.05, 4.69) is 30.9 Å². The van der Waals surface area contributed by atoms with Gasteiger partial charge in [0.25, 0.3) is 5.91 Å². The Balaban J connectivity index is 1.82. The van der Waals surface area contributed by atoms with Crippen molar-refractivity contribution < 1.29 is 4.79 Å². The van der Waals surface area contributed by atoms with Gasteiger partial charge in [0.05, 0.1) is 0 Å². The second-order valence-corrected chi connectivity index (χ2v) is 3.99. The molecule has 0 saturated carbocycles. The Morgan fingerprint density at radius 2 is 2.10 bits per heavy atom. The normalized spacial score (nSPS) is 10.2. The van der Waals surface area contributed by atoms with Gasteiger partial charge in [-0.05, 0) is 29.5 Å². The van der Waals surface area contributed by atoms with E-state index in [4.69, 9.17) is 0 Å². The number of carbonyl (C=O) groups excluding carboxylic acids is 1. The maximum atomic E-state index is 12.0. The zero-order chi connectivity index (χ0) is 13.8. The number of aromatic nitrogens is 5. The van der Waals surface area contributed by atoms with E-state index in [0.29, 0.717) is 17.2 Å². The fourth-order valence-corrected chi connectivity index (χ4v) is 1.71. The summed E-state index contributed by atoms with van der Waals surface area (Å²) in [5.41, 5.74) is 1.76. The Hall–Kier alpha value is -3.09. The van der Waals surface area contributed by atoms with Gasteiger partial charge in [0.1, 0.15) is 5.69 Å². The summed E-state index contributed by atoms with van der Waals surface area (Å²) in [4.78, 5) is 16.0. The number of benzene rings is 1. The third kappa shape index (κ3) is 2.51. The van der Waals surface area contributed by atoms with Crippen LogP contribution >= 0.6 is 0 Å². The predicted octanol–water partition coefficient (Wildman–Crippen LogP) is 1.51. The van der Waals surface area contributed by atoms with Crippen LogP contribution < -0.4 is 5.32 Å². The molecule has 0 aliphatic carbocycles. The van der Waals surface area contributed by atoms with Crippen LogP contribution in [0, 0.1) is 0 Å². The molecule has 20 heavy (non-hydrogen) atoms. The molecule has 0 aliphatic heterocycles. The average Bonchev–Trinajstić information content (AvgIpc) is 3.03. The van der Waals surface area contributed by atoms with Gasteiger partial charge in [0, 0.05) is 17.4 Å². The van der Waals surface area contributed by atoms with Gasteiger partial charge >= 0.3 is 0 Å². The fraction of sp³-hybridized carbons (Fsp3) is 0. The van der Waals surface area contributed by atoms with Crippen molar-refractivity contribution in [3.05, 3.63) is 54.4 Å². The molecule has 0 atom stereocenters. The molecule has 0 fully saturated rings. The molecule has 0 unspecified atom stereocenters. The van der Waals surface area contributed by atoms with Crippen molar-refractivity contribution in [1.82, 2.24) is 25.6 Å². The molecule has 0 spiro atoms. The van der Waals surface area contributed by atoms with Crippen LogP contribution in [0.4, 0.5) is 5.69 Å². The standard InChI is InChI=1S/C13H10N6O/c20-13(11-6-1-2-7-14-11)15-10-5-3-4-9(8-10)12-16-18-19-17-12/h1-8H,(H,15,20)(H,16,17,18,19). The lowest BCUT2D eigenvalue weighted by Crippen LogP contribution is -2.13. The third-order valence-corrected chi connectivity index (χ3v) is 2.62. The highest BCUT2D eigenvalue weighted by molar-refractivity contribution is 6.03. The summed E-state index contributed by atoms with van der Waals surface area (Å²) in [6.07, 6.45) is 1.57. The number of tetrazole rings is 1. The maximum absolute atomic E-state index is 12.0. The van der Waals surface area contributed by atoms with Crippen molar-refractivity contribution in [3.8, 4) is 11.4 Å². The molecule has 0 bridgehead atoms. The van der Waals surface area contributed by atoms with Gasteiger partial charge in [-0.2, -0.15) is 5.21 Å². The Morgan fingerprint density at radius 1 is 1.15 bits per heavy atom. The minimum atomic E-state index is -0.268. The van der Waals surface area contributed by atoms with Crippen LogP contribution in [0.1, 0.15) is 10.5 Å². The van der Waals surface area contributed by atoms with E-state index < -0.39 is 0 Å². The lowest BCUT2D eigenvalue weighted by molar-refractivity contribution is 0.102. The van der Waals surface area contributed by atoms with Gasteiger partial charge in [0.15, 0.2) is 0 Å². The van der Waals surface area contributed by atoms with Crippen LogP contribution in [-0.2, 0) is 0 Å². The molecular weight excluding hydrogens is 256 g/mol. The number of rotatable bonds is 3. The smallest absolute Gasteiger partial charge is 0.274 e. The first-order valence-corrected chi connectivity index (χ1v) is 5.89. The summed E-state index contributed by atoms with van der Waals surface area (Å²) >= 11 is 0. The first-order valence-electron chi connectivity index (χ1n) is 5.89. The van der Waals surface area contributed by atoms with E-state index in [9.17, 15) is 4.79 Å². The van der Waals surface area contributed by atoms with Gasteiger partial charge in [-0.1, -0.05) is 18.2 Å². The second-order valence-electron chi connectivity index (χ2n) is 3.99. The van der Waals surface area contributed by atoms with E-state index in [1.54, 1.807) is 42.6 Å². The van der Waals surface area contributed by atoms with Crippen LogP contribution in [0.2, 0.25) is 0 Å². The van der Waals surface area contributed by atoms with E-state index in [-0.39, 0.29) is 5.91 Å². The molecule has 0 aliphatic rings. The summed E-state index contributed by atoms with van der Waals surface area (Å²) < 4.78 is 0. The number of hydrogen-bond acceptors (Lipinski definition) is 5. The zero-order valence-electron chi connectivity index (χ0n) is 10.3. The van der Waals surface area contributed by atoms with Crippen LogP contribution in [-0.4, -0.2) is 31.5 Å². The fourth-order valence-electron chi connectivity index (χ4n) is 1.71. The number of hydrogen-bond donors (Lipinski definition) is 2. The number of H-pyrrole nitrogens is 1. The minimum Gasteiger partial charge on any atom is -0.321 e. The summed E-state index contributed by atoms with van der Waals surface area (Å²) in [5, 5.41) is 16.4. The molecule has 3 aromatic rings. The van der Waals surface area contributed by atoms with Crippen molar-refractivity contribution in [2.45, 2.75) is 0 Å². The SMILES string of the molecule is O=C(Nc1cccc(-c2nn[nH]n2)c1)c1ccccn1. The topological polar surface area (TPSA) is 96.5 Å². The molecule has 0 radical (unpaired) electrons. The molecule has 2 N–H and O–H groups in total. The third-order valence-electron chi connectivity index (χ3n) is 2.62. The van der Waals surface area contributed by atoms with Crippen molar-refractivity contribution >= 4 is 11.6 Å². The van der Waals surface area contributed by atoms with E-state index in [1.165, 1.54) is 0 Å². The highest BCUT2D eigenvalue weighted by Gasteiger charge is 2.08. The largest absolute Gasteiger partial charge is 0.321 e. The summed E-state index contributed by atoms with van der Waals surface area (Å²) in [6.45, 7) is 0. The van der Waals surface area contributed by atoms with E-state index >= 15 is 0 Å². The zero-order valence-corrected chi connectivity index (χ0v) is 10.3.